The highest BCUT2D eigenvalue weighted by molar-refractivity contribution is 6.37. The fraction of sp³-hybridized carbons (Fsp3) is 0.474. The van der Waals surface area contributed by atoms with Gasteiger partial charge in [0.05, 0.1) is 22.2 Å². The van der Waals surface area contributed by atoms with Gasteiger partial charge in [0.15, 0.2) is 5.75 Å². The lowest BCUT2D eigenvalue weighted by atomic mass is 9.87. The Morgan fingerprint density at radius 2 is 2.04 bits per heavy atom. The normalized spacial score (nSPS) is 16.0. The maximum absolute atomic E-state index is 10.4. The van der Waals surface area contributed by atoms with Gasteiger partial charge >= 0.3 is 0 Å². The number of rotatable bonds is 7. The third-order valence-electron chi connectivity index (χ3n) is 4.47. The van der Waals surface area contributed by atoms with E-state index in [9.17, 15) is 5.11 Å². The van der Waals surface area contributed by atoms with Gasteiger partial charge in [0, 0.05) is 5.70 Å². The number of nitrogens with one attached hydrogen (secondary N) is 1. The molecule has 0 amide bonds. The molecule has 2 rings (SSSR count). The van der Waals surface area contributed by atoms with Gasteiger partial charge in [-0.25, -0.2) is 0 Å². The van der Waals surface area contributed by atoms with Gasteiger partial charge in [0.1, 0.15) is 5.75 Å². The standard InChI is InChI=1S/C19H25Cl2NO2/c1-3-16(22-4-2)17-18(23)14(20)12-15(21)19(17)24-11-10-13-8-6-5-7-9-13/h3-4,12-13,22-23H,2,5-11H2,1H3/b16-3-. The van der Waals surface area contributed by atoms with Crippen molar-refractivity contribution in [3.8, 4) is 11.5 Å². The summed E-state index contributed by atoms with van der Waals surface area (Å²) in [5.41, 5.74) is 1.12. The molecule has 0 bridgehead atoms. The van der Waals surface area contributed by atoms with E-state index >= 15 is 0 Å². The number of phenols is 1. The molecule has 0 aromatic heterocycles. The van der Waals surface area contributed by atoms with Crippen LogP contribution < -0.4 is 10.1 Å². The zero-order valence-electron chi connectivity index (χ0n) is 14.1. The minimum Gasteiger partial charge on any atom is -0.506 e. The maximum atomic E-state index is 10.4. The Kier molecular flexibility index (Phi) is 7.32. The SMILES string of the molecule is C=CN/C(=C\C)c1c(O)c(Cl)cc(Cl)c1OCCC1CCCCC1. The molecule has 5 heteroatoms. The summed E-state index contributed by atoms with van der Waals surface area (Å²) in [6, 6.07) is 1.51. The molecule has 0 radical (unpaired) electrons. The lowest BCUT2D eigenvalue weighted by Gasteiger charge is -2.22. The molecule has 1 saturated carbocycles. The van der Waals surface area contributed by atoms with Crippen molar-refractivity contribution in [1.29, 1.82) is 0 Å². The highest BCUT2D eigenvalue weighted by atomic mass is 35.5. The summed E-state index contributed by atoms with van der Waals surface area (Å²) >= 11 is 12.4. The van der Waals surface area contributed by atoms with Gasteiger partial charge in [-0.1, -0.05) is 68.0 Å². The first kappa shape index (κ1) is 19.0. The van der Waals surface area contributed by atoms with E-state index in [4.69, 9.17) is 27.9 Å². The van der Waals surface area contributed by atoms with Crippen LogP contribution in [0.1, 0.15) is 51.0 Å². The maximum Gasteiger partial charge on any atom is 0.151 e. The summed E-state index contributed by atoms with van der Waals surface area (Å²) in [6.45, 7) is 6.09. The summed E-state index contributed by atoms with van der Waals surface area (Å²) < 4.78 is 5.97. The van der Waals surface area contributed by atoms with E-state index < -0.39 is 0 Å². The van der Waals surface area contributed by atoms with Crippen molar-refractivity contribution in [2.75, 3.05) is 6.61 Å². The molecular weight excluding hydrogens is 345 g/mol. The van der Waals surface area contributed by atoms with Gasteiger partial charge < -0.3 is 15.2 Å². The van der Waals surface area contributed by atoms with Crippen molar-refractivity contribution in [3.63, 3.8) is 0 Å². The fourth-order valence-electron chi connectivity index (χ4n) is 3.20. The topological polar surface area (TPSA) is 41.5 Å². The van der Waals surface area contributed by atoms with Crippen LogP contribution >= 0.6 is 23.2 Å². The summed E-state index contributed by atoms with van der Waals surface area (Å²) in [4.78, 5) is 0. The molecular formula is C19H25Cl2NO2. The van der Waals surface area contributed by atoms with E-state index in [1.165, 1.54) is 44.4 Å². The molecule has 24 heavy (non-hydrogen) atoms. The predicted octanol–water partition coefficient (Wildman–Crippen LogP) is 6.14. The quantitative estimate of drug-likeness (QED) is 0.606. The van der Waals surface area contributed by atoms with Crippen molar-refractivity contribution in [3.05, 3.63) is 40.5 Å². The average Bonchev–Trinajstić information content (AvgIpc) is 2.59. The first-order valence-corrected chi connectivity index (χ1v) is 9.22. The molecule has 1 aromatic carbocycles. The Hall–Kier alpha value is -1.32. The average molecular weight is 370 g/mol. The molecule has 3 nitrogen and oxygen atoms in total. The number of ether oxygens (including phenoxy) is 1. The molecule has 0 unspecified atom stereocenters. The first-order chi connectivity index (χ1) is 11.6. The number of aromatic hydroxyl groups is 1. The van der Waals surface area contributed by atoms with Crippen molar-refractivity contribution in [2.24, 2.45) is 5.92 Å². The van der Waals surface area contributed by atoms with Crippen LogP contribution in [0.4, 0.5) is 0 Å². The molecule has 0 spiro atoms. The highest BCUT2D eigenvalue weighted by Crippen LogP contribution is 2.43. The predicted molar refractivity (Wildman–Crippen MR) is 102 cm³/mol. The molecule has 1 fully saturated rings. The number of benzene rings is 1. The van der Waals surface area contributed by atoms with Crippen LogP contribution in [-0.4, -0.2) is 11.7 Å². The monoisotopic (exact) mass is 369 g/mol. The molecule has 0 atom stereocenters. The molecule has 0 aliphatic heterocycles. The van der Waals surface area contributed by atoms with E-state index in [1.54, 1.807) is 0 Å². The van der Waals surface area contributed by atoms with E-state index in [-0.39, 0.29) is 10.8 Å². The van der Waals surface area contributed by atoms with Gasteiger partial charge in [-0.15, -0.1) is 0 Å². The van der Waals surface area contributed by atoms with Crippen LogP contribution in [0.25, 0.3) is 5.70 Å². The Morgan fingerprint density at radius 1 is 1.33 bits per heavy atom. The number of hydrogen-bond acceptors (Lipinski definition) is 3. The third kappa shape index (κ3) is 4.61. The van der Waals surface area contributed by atoms with Crippen LogP contribution in [0, 0.1) is 5.92 Å². The Bertz CT molecular complexity index is 608. The van der Waals surface area contributed by atoms with Crippen LogP contribution in [0.15, 0.2) is 24.9 Å². The zero-order chi connectivity index (χ0) is 17.5. The van der Waals surface area contributed by atoms with Gasteiger partial charge in [-0.05, 0) is 31.5 Å². The lowest BCUT2D eigenvalue weighted by molar-refractivity contribution is 0.245. The Morgan fingerprint density at radius 3 is 2.67 bits per heavy atom. The second kappa shape index (κ2) is 9.24. The second-order valence-electron chi connectivity index (χ2n) is 6.08. The van der Waals surface area contributed by atoms with Crippen LogP contribution in [0.3, 0.4) is 0 Å². The summed E-state index contributed by atoms with van der Waals surface area (Å²) in [7, 11) is 0. The Balaban J connectivity index is 2.20. The van der Waals surface area contributed by atoms with Crippen LogP contribution in [-0.2, 0) is 0 Å². The van der Waals surface area contributed by atoms with Gasteiger partial charge in [-0.3, -0.25) is 0 Å². The number of allylic oxidation sites excluding steroid dienone is 1. The van der Waals surface area contributed by atoms with E-state index in [1.807, 2.05) is 13.0 Å². The minimum absolute atomic E-state index is 0.0452. The fourth-order valence-corrected chi connectivity index (χ4v) is 3.71. The summed E-state index contributed by atoms with van der Waals surface area (Å²) in [6.07, 6.45) is 10.9. The number of phenolic OH excluding ortho intramolecular Hbond substituents is 1. The van der Waals surface area contributed by atoms with Gasteiger partial charge in [0.25, 0.3) is 0 Å². The first-order valence-electron chi connectivity index (χ1n) is 8.46. The van der Waals surface area contributed by atoms with Crippen molar-refractivity contribution in [1.82, 2.24) is 5.32 Å². The van der Waals surface area contributed by atoms with Gasteiger partial charge in [0.2, 0.25) is 0 Å². The lowest BCUT2D eigenvalue weighted by Crippen LogP contribution is -2.12. The molecule has 0 saturated heterocycles. The molecule has 2 N–H and O–H groups in total. The molecule has 1 aromatic rings. The zero-order valence-corrected chi connectivity index (χ0v) is 15.6. The van der Waals surface area contributed by atoms with Crippen LogP contribution in [0.5, 0.6) is 11.5 Å². The van der Waals surface area contributed by atoms with E-state index in [0.717, 1.165) is 12.3 Å². The molecule has 0 heterocycles. The van der Waals surface area contributed by atoms with Crippen molar-refractivity contribution < 1.29 is 9.84 Å². The van der Waals surface area contributed by atoms with Gasteiger partial charge in [-0.2, -0.15) is 0 Å². The van der Waals surface area contributed by atoms with E-state index in [2.05, 4.69) is 11.9 Å². The number of hydrogen-bond donors (Lipinski definition) is 2. The second-order valence-corrected chi connectivity index (χ2v) is 6.90. The largest absolute Gasteiger partial charge is 0.506 e. The summed E-state index contributed by atoms with van der Waals surface area (Å²) in [5.74, 6) is 1.13. The van der Waals surface area contributed by atoms with Crippen LogP contribution in [0.2, 0.25) is 10.0 Å². The Labute approximate surface area is 154 Å². The molecule has 1 aliphatic carbocycles. The van der Waals surface area contributed by atoms with E-state index in [0.29, 0.717) is 28.6 Å². The van der Waals surface area contributed by atoms with Crippen molar-refractivity contribution >= 4 is 28.9 Å². The highest BCUT2D eigenvalue weighted by Gasteiger charge is 2.21. The number of halogens is 2. The third-order valence-corrected chi connectivity index (χ3v) is 5.04. The molecule has 1 aliphatic rings. The smallest absolute Gasteiger partial charge is 0.151 e. The molecule has 132 valence electrons. The minimum atomic E-state index is -0.0452. The summed E-state index contributed by atoms with van der Waals surface area (Å²) in [5, 5.41) is 14.0. The van der Waals surface area contributed by atoms with Crippen molar-refractivity contribution in [2.45, 2.75) is 45.4 Å².